The van der Waals surface area contributed by atoms with Crippen molar-refractivity contribution in [2.75, 3.05) is 10.5 Å². The van der Waals surface area contributed by atoms with Crippen LogP contribution in [-0.4, -0.2) is 8.42 Å². The van der Waals surface area contributed by atoms with E-state index < -0.39 is 15.8 Å². The van der Waals surface area contributed by atoms with Crippen LogP contribution in [0.2, 0.25) is 0 Å². The molecule has 0 radical (unpaired) electrons. The molecule has 2 rings (SSSR count). The molecule has 3 N–H and O–H groups in total. The first-order valence-electron chi connectivity index (χ1n) is 6.37. The number of anilines is 2. The van der Waals surface area contributed by atoms with Gasteiger partial charge in [-0.1, -0.05) is 12.1 Å². The standard InChI is InChI=1S/C15H17FN2O2S/c1-9-4-6-12(16)14(8-9)18-21(19,20)15-10(2)5-7-13(17)11(15)3/h4-8,18H,17H2,1-3H3. The first-order valence-corrected chi connectivity index (χ1v) is 7.85. The third kappa shape index (κ3) is 3.00. The quantitative estimate of drug-likeness (QED) is 0.856. The van der Waals surface area contributed by atoms with Gasteiger partial charge in [0.05, 0.1) is 10.6 Å². The van der Waals surface area contributed by atoms with Gasteiger partial charge in [0.1, 0.15) is 5.82 Å². The fraction of sp³-hybridized carbons (Fsp3) is 0.200. The minimum absolute atomic E-state index is 0.0729. The average Bonchev–Trinajstić information content (AvgIpc) is 2.38. The van der Waals surface area contributed by atoms with Gasteiger partial charge in [-0.25, -0.2) is 12.8 Å². The Morgan fingerprint density at radius 1 is 1.10 bits per heavy atom. The topological polar surface area (TPSA) is 72.2 Å². The first-order chi connectivity index (χ1) is 9.72. The largest absolute Gasteiger partial charge is 0.398 e. The number of rotatable bonds is 3. The van der Waals surface area contributed by atoms with Gasteiger partial charge < -0.3 is 5.73 Å². The molecule has 0 bridgehead atoms. The third-order valence-electron chi connectivity index (χ3n) is 3.28. The Bertz CT molecular complexity index is 802. The van der Waals surface area contributed by atoms with Crippen molar-refractivity contribution in [2.24, 2.45) is 0 Å². The Kier molecular flexibility index (Phi) is 3.91. The smallest absolute Gasteiger partial charge is 0.262 e. The van der Waals surface area contributed by atoms with Gasteiger partial charge in [0.15, 0.2) is 0 Å². The van der Waals surface area contributed by atoms with Crippen LogP contribution in [0.15, 0.2) is 35.2 Å². The van der Waals surface area contributed by atoms with Crippen LogP contribution in [0.3, 0.4) is 0 Å². The SMILES string of the molecule is Cc1ccc(F)c(NS(=O)(=O)c2c(C)ccc(N)c2C)c1. The van der Waals surface area contributed by atoms with Crippen molar-refractivity contribution in [3.63, 3.8) is 0 Å². The minimum atomic E-state index is -3.91. The average molecular weight is 308 g/mol. The van der Waals surface area contributed by atoms with Crippen LogP contribution in [-0.2, 0) is 10.0 Å². The zero-order chi connectivity index (χ0) is 15.8. The summed E-state index contributed by atoms with van der Waals surface area (Å²) in [6.07, 6.45) is 0. The highest BCUT2D eigenvalue weighted by atomic mass is 32.2. The van der Waals surface area contributed by atoms with E-state index in [1.54, 1.807) is 39.0 Å². The molecule has 2 aromatic carbocycles. The molecule has 6 heteroatoms. The van der Waals surface area contributed by atoms with Gasteiger partial charge in [0.2, 0.25) is 0 Å². The molecule has 0 aliphatic heterocycles. The van der Waals surface area contributed by atoms with Crippen LogP contribution < -0.4 is 10.5 Å². The van der Waals surface area contributed by atoms with Crippen molar-refractivity contribution in [2.45, 2.75) is 25.7 Å². The molecule has 0 spiro atoms. The second kappa shape index (κ2) is 5.37. The zero-order valence-corrected chi connectivity index (χ0v) is 12.9. The summed E-state index contributed by atoms with van der Waals surface area (Å²) in [6.45, 7) is 5.06. The first kappa shape index (κ1) is 15.3. The van der Waals surface area contributed by atoms with Gasteiger partial charge in [-0.3, -0.25) is 4.72 Å². The molecule has 0 saturated carbocycles. The summed E-state index contributed by atoms with van der Waals surface area (Å²) >= 11 is 0. The highest BCUT2D eigenvalue weighted by molar-refractivity contribution is 7.92. The van der Waals surface area contributed by atoms with Gasteiger partial charge in [-0.2, -0.15) is 0 Å². The molecule has 4 nitrogen and oxygen atoms in total. The van der Waals surface area contributed by atoms with Gasteiger partial charge in [-0.15, -0.1) is 0 Å². The fourth-order valence-corrected chi connectivity index (χ4v) is 3.73. The van der Waals surface area contributed by atoms with E-state index in [-0.39, 0.29) is 10.6 Å². The maximum atomic E-state index is 13.7. The predicted octanol–water partition coefficient (Wildman–Crippen LogP) is 3.13. The van der Waals surface area contributed by atoms with Gasteiger partial charge in [0, 0.05) is 5.69 Å². The van der Waals surface area contributed by atoms with E-state index >= 15 is 0 Å². The molecular formula is C15H17FN2O2S. The molecule has 0 fully saturated rings. The number of hydrogen-bond acceptors (Lipinski definition) is 3. The minimum Gasteiger partial charge on any atom is -0.398 e. The van der Waals surface area contributed by atoms with E-state index in [1.165, 1.54) is 12.1 Å². The van der Waals surface area contributed by atoms with Crippen LogP contribution in [0.5, 0.6) is 0 Å². The molecule has 0 amide bonds. The van der Waals surface area contributed by atoms with Crippen molar-refractivity contribution < 1.29 is 12.8 Å². The van der Waals surface area contributed by atoms with E-state index in [0.717, 1.165) is 5.56 Å². The Morgan fingerprint density at radius 3 is 2.43 bits per heavy atom. The van der Waals surface area contributed by atoms with E-state index in [1.807, 2.05) is 0 Å². The van der Waals surface area contributed by atoms with Crippen LogP contribution in [0.1, 0.15) is 16.7 Å². The summed E-state index contributed by atoms with van der Waals surface area (Å²) in [7, 11) is -3.91. The zero-order valence-electron chi connectivity index (χ0n) is 12.1. The maximum Gasteiger partial charge on any atom is 0.262 e. The summed E-state index contributed by atoms with van der Waals surface area (Å²) in [6, 6.07) is 7.53. The van der Waals surface area contributed by atoms with Gasteiger partial charge in [-0.05, 0) is 55.7 Å². The molecule has 21 heavy (non-hydrogen) atoms. The monoisotopic (exact) mass is 308 g/mol. The normalized spacial score (nSPS) is 11.4. The highest BCUT2D eigenvalue weighted by Crippen LogP contribution is 2.27. The van der Waals surface area contributed by atoms with E-state index in [0.29, 0.717) is 16.8 Å². The van der Waals surface area contributed by atoms with E-state index in [2.05, 4.69) is 4.72 Å². The number of hydrogen-bond donors (Lipinski definition) is 2. The van der Waals surface area contributed by atoms with Crippen LogP contribution in [0.25, 0.3) is 0 Å². The lowest BCUT2D eigenvalue weighted by molar-refractivity contribution is 0.597. The third-order valence-corrected chi connectivity index (χ3v) is 4.93. The number of nitrogens with two attached hydrogens (primary N) is 1. The van der Waals surface area contributed by atoms with Crippen molar-refractivity contribution in [3.05, 3.63) is 52.8 Å². The number of benzene rings is 2. The number of halogens is 1. The lowest BCUT2D eigenvalue weighted by Gasteiger charge is -2.15. The molecule has 0 aliphatic rings. The molecule has 0 aromatic heterocycles. The summed E-state index contributed by atoms with van der Waals surface area (Å²) in [5.41, 5.74) is 7.85. The Labute approximate surface area is 123 Å². The van der Waals surface area contributed by atoms with Crippen LogP contribution in [0, 0.1) is 26.6 Å². The van der Waals surface area contributed by atoms with E-state index in [4.69, 9.17) is 5.73 Å². The summed E-state index contributed by atoms with van der Waals surface area (Å²) < 4.78 is 41.1. The summed E-state index contributed by atoms with van der Waals surface area (Å²) in [5, 5.41) is 0. The number of sulfonamides is 1. The van der Waals surface area contributed by atoms with Gasteiger partial charge in [0.25, 0.3) is 10.0 Å². The number of nitrogen functional groups attached to an aromatic ring is 1. The molecule has 2 aromatic rings. The molecule has 112 valence electrons. The summed E-state index contributed by atoms with van der Waals surface area (Å²) in [4.78, 5) is 0.0865. The highest BCUT2D eigenvalue weighted by Gasteiger charge is 2.22. The van der Waals surface area contributed by atoms with Crippen molar-refractivity contribution >= 4 is 21.4 Å². The molecule has 0 heterocycles. The molecular weight excluding hydrogens is 291 g/mol. The van der Waals surface area contributed by atoms with Crippen LogP contribution >= 0.6 is 0 Å². The molecule has 0 aliphatic carbocycles. The second-order valence-electron chi connectivity index (χ2n) is 5.01. The number of nitrogens with one attached hydrogen (secondary N) is 1. The Hall–Kier alpha value is -2.08. The molecule has 0 saturated heterocycles. The molecule has 0 atom stereocenters. The van der Waals surface area contributed by atoms with Gasteiger partial charge >= 0.3 is 0 Å². The Morgan fingerprint density at radius 2 is 1.76 bits per heavy atom. The summed E-state index contributed by atoms with van der Waals surface area (Å²) in [5.74, 6) is -0.622. The van der Waals surface area contributed by atoms with Crippen molar-refractivity contribution in [1.82, 2.24) is 0 Å². The van der Waals surface area contributed by atoms with E-state index in [9.17, 15) is 12.8 Å². The molecule has 0 unspecified atom stereocenters. The van der Waals surface area contributed by atoms with Crippen molar-refractivity contribution in [3.8, 4) is 0 Å². The lowest BCUT2D eigenvalue weighted by Crippen LogP contribution is -2.17. The number of aryl methyl sites for hydroxylation is 2. The second-order valence-corrected chi connectivity index (χ2v) is 6.63. The fourth-order valence-electron chi connectivity index (χ4n) is 2.17. The van der Waals surface area contributed by atoms with Crippen LogP contribution in [0.4, 0.5) is 15.8 Å². The predicted molar refractivity (Wildman–Crippen MR) is 82.3 cm³/mol. The maximum absolute atomic E-state index is 13.7. The Balaban J connectivity index is 2.54. The van der Waals surface area contributed by atoms with Crippen molar-refractivity contribution in [1.29, 1.82) is 0 Å². The lowest BCUT2D eigenvalue weighted by atomic mass is 10.1.